The van der Waals surface area contributed by atoms with Crippen molar-refractivity contribution in [3.8, 4) is 0 Å². The van der Waals surface area contributed by atoms with Crippen molar-refractivity contribution in [2.75, 3.05) is 13.2 Å². The van der Waals surface area contributed by atoms with E-state index in [1.807, 2.05) is 35.0 Å². The molecule has 0 spiro atoms. The summed E-state index contributed by atoms with van der Waals surface area (Å²) >= 11 is 6.31. The highest BCUT2D eigenvalue weighted by Crippen LogP contribution is 2.20. The van der Waals surface area contributed by atoms with E-state index in [2.05, 4.69) is 4.98 Å². The van der Waals surface area contributed by atoms with E-state index in [4.69, 9.17) is 16.3 Å². The first-order valence-electron chi connectivity index (χ1n) is 10.00. The summed E-state index contributed by atoms with van der Waals surface area (Å²) in [5.41, 5.74) is 1.42. The van der Waals surface area contributed by atoms with Crippen LogP contribution >= 0.6 is 11.6 Å². The number of aromatic nitrogens is 2. The molecule has 1 fully saturated rings. The summed E-state index contributed by atoms with van der Waals surface area (Å²) in [6, 6.07) is 13.3. The van der Waals surface area contributed by atoms with Gasteiger partial charge in [0.05, 0.1) is 19.2 Å². The second-order valence-corrected chi connectivity index (χ2v) is 7.80. The second kappa shape index (κ2) is 9.41. The first kappa shape index (κ1) is 20.6. The Hall–Kier alpha value is -2.70. The summed E-state index contributed by atoms with van der Waals surface area (Å²) in [4.78, 5) is 19.4. The summed E-state index contributed by atoms with van der Waals surface area (Å²) in [5.74, 6) is 0.216. The molecule has 1 atom stereocenters. The average molecular weight is 428 g/mol. The minimum Gasteiger partial charge on any atom is -0.376 e. The molecule has 3 aromatic rings. The maximum absolute atomic E-state index is 13.3. The zero-order valence-electron chi connectivity index (χ0n) is 16.5. The molecule has 1 saturated heterocycles. The minimum absolute atomic E-state index is 0.00128. The number of halogens is 2. The van der Waals surface area contributed by atoms with E-state index >= 15 is 0 Å². The van der Waals surface area contributed by atoms with Crippen molar-refractivity contribution < 1.29 is 13.9 Å². The van der Waals surface area contributed by atoms with Crippen LogP contribution in [0.5, 0.6) is 0 Å². The van der Waals surface area contributed by atoms with Gasteiger partial charge in [-0.05, 0) is 48.7 Å². The van der Waals surface area contributed by atoms with Gasteiger partial charge < -0.3 is 14.2 Å². The van der Waals surface area contributed by atoms with E-state index in [0.29, 0.717) is 36.8 Å². The number of imidazole rings is 1. The van der Waals surface area contributed by atoms with Crippen LogP contribution in [0.2, 0.25) is 5.02 Å². The zero-order chi connectivity index (χ0) is 20.9. The van der Waals surface area contributed by atoms with Gasteiger partial charge in [-0.25, -0.2) is 9.37 Å². The topological polar surface area (TPSA) is 47.4 Å². The van der Waals surface area contributed by atoms with Crippen LogP contribution in [0.4, 0.5) is 4.39 Å². The lowest BCUT2D eigenvalue weighted by molar-refractivity contribution is 0.0499. The predicted molar refractivity (Wildman–Crippen MR) is 113 cm³/mol. The van der Waals surface area contributed by atoms with Crippen molar-refractivity contribution >= 4 is 17.5 Å². The third-order valence-electron chi connectivity index (χ3n) is 5.26. The first-order chi connectivity index (χ1) is 14.6. The fourth-order valence-electron chi connectivity index (χ4n) is 3.64. The van der Waals surface area contributed by atoms with Crippen LogP contribution in [-0.4, -0.2) is 39.6 Å². The van der Waals surface area contributed by atoms with Gasteiger partial charge in [0.2, 0.25) is 0 Å². The van der Waals surface area contributed by atoms with Gasteiger partial charge in [-0.2, -0.15) is 0 Å². The van der Waals surface area contributed by atoms with Crippen molar-refractivity contribution in [2.24, 2.45) is 0 Å². The molecule has 5 nitrogen and oxygen atoms in total. The highest BCUT2D eigenvalue weighted by molar-refractivity contribution is 6.31. The van der Waals surface area contributed by atoms with Gasteiger partial charge in [0.1, 0.15) is 11.6 Å². The molecule has 1 aliphatic rings. The second-order valence-electron chi connectivity index (χ2n) is 7.39. The molecule has 0 N–H and O–H groups in total. The summed E-state index contributed by atoms with van der Waals surface area (Å²) in [7, 11) is 0. The van der Waals surface area contributed by atoms with Crippen LogP contribution in [0.1, 0.15) is 34.6 Å². The van der Waals surface area contributed by atoms with Gasteiger partial charge in [-0.3, -0.25) is 4.79 Å². The fraction of sp³-hybridized carbons (Fsp3) is 0.304. The van der Waals surface area contributed by atoms with Gasteiger partial charge >= 0.3 is 0 Å². The van der Waals surface area contributed by atoms with E-state index in [0.717, 1.165) is 24.2 Å². The molecule has 0 aliphatic carbocycles. The van der Waals surface area contributed by atoms with E-state index in [1.54, 1.807) is 11.1 Å². The number of ether oxygens (including phenoxy) is 1. The molecule has 7 heteroatoms. The highest BCUT2D eigenvalue weighted by Gasteiger charge is 2.25. The Morgan fingerprint density at radius 2 is 2.03 bits per heavy atom. The Labute approximate surface area is 180 Å². The molecule has 156 valence electrons. The maximum Gasteiger partial charge on any atom is 0.254 e. The number of nitrogens with zero attached hydrogens (tertiary/aromatic N) is 3. The molecule has 1 aromatic heterocycles. The van der Waals surface area contributed by atoms with Crippen LogP contribution in [-0.2, 0) is 17.8 Å². The molecule has 1 aliphatic heterocycles. The van der Waals surface area contributed by atoms with E-state index in [1.165, 1.54) is 24.3 Å². The minimum atomic E-state index is -0.368. The number of benzene rings is 2. The van der Waals surface area contributed by atoms with Crippen LogP contribution < -0.4 is 0 Å². The third kappa shape index (κ3) is 4.89. The van der Waals surface area contributed by atoms with E-state index in [-0.39, 0.29) is 17.8 Å². The molecule has 1 amide bonds. The zero-order valence-corrected chi connectivity index (χ0v) is 17.3. The van der Waals surface area contributed by atoms with Crippen molar-refractivity contribution in [2.45, 2.75) is 32.0 Å². The summed E-state index contributed by atoms with van der Waals surface area (Å²) in [6.45, 7) is 2.07. The first-order valence-corrected chi connectivity index (χ1v) is 10.4. The predicted octanol–water partition coefficient (Wildman–Crippen LogP) is 4.55. The number of rotatable bonds is 7. The average Bonchev–Trinajstić information content (AvgIpc) is 3.42. The van der Waals surface area contributed by atoms with Crippen molar-refractivity contribution in [3.63, 3.8) is 0 Å². The smallest absolute Gasteiger partial charge is 0.254 e. The summed E-state index contributed by atoms with van der Waals surface area (Å²) < 4.78 is 21.0. The molecule has 30 heavy (non-hydrogen) atoms. The van der Waals surface area contributed by atoms with Crippen LogP contribution in [0.15, 0.2) is 60.9 Å². The van der Waals surface area contributed by atoms with Gasteiger partial charge in [-0.1, -0.05) is 29.8 Å². The third-order valence-corrected chi connectivity index (χ3v) is 5.63. The number of amides is 1. The molecule has 1 unspecified atom stereocenters. The standard InChI is InChI=1S/C23H23ClFN3O2/c24-21-6-2-1-4-18(21)14-27-12-11-26-22(27)16-28(15-20-5-3-13-30-20)23(29)17-7-9-19(25)10-8-17/h1-2,4,6-12,20H,3,5,13-16H2. The molecular weight excluding hydrogens is 405 g/mol. The highest BCUT2D eigenvalue weighted by atomic mass is 35.5. The summed E-state index contributed by atoms with van der Waals surface area (Å²) in [5, 5.41) is 0.691. The number of carbonyl (C=O) groups is 1. The molecule has 0 radical (unpaired) electrons. The van der Waals surface area contributed by atoms with Crippen LogP contribution in [0.3, 0.4) is 0 Å². The van der Waals surface area contributed by atoms with Gasteiger partial charge in [-0.15, -0.1) is 0 Å². The van der Waals surface area contributed by atoms with Crippen molar-refractivity contribution in [3.05, 3.63) is 88.7 Å². The van der Waals surface area contributed by atoms with E-state index < -0.39 is 0 Å². The Bertz CT molecular complexity index is 1000. The van der Waals surface area contributed by atoms with Crippen molar-refractivity contribution in [1.29, 1.82) is 0 Å². The molecular formula is C23H23ClFN3O2. The largest absolute Gasteiger partial charge is 0.376 e. The normalized spacial score (nSPS) is 16.0. The lowest BCUT2D eigenvalue weighted by Crippen LogP contribution is -2.37. The Balaban J connectivity index is 1.56. The SMILES string of the molecule is O=C(c1ccc(F)cc1)N(Cc1nccn1Cc1ccccc1Cl)CC1CCCO1. The van der Waals surface area contributed by atoms with Gasteiger partial charge in [0, 0.05) is 36.1 Å². The molecule has 4 rings (SSSR count). The lowest BCUT2D eigenvalue weighted by atomic mass is 10.1. The monoisotopic (exact) mass is 427 g/mol. The fourth-order valence-corrected chi connectivity index (χ4v) is 3.84. The maximum atomic E-state index is 13.3. The van der Waals surface area contributed by atoms with Crippen LogP contribution in [0.25, 0.3) is 0 Å². The Morgan fingerprint density at radius 3 is 2.77 bits per heavy atom. The number of hydrogen-bond acceptors (Lipinski definition) is 3. The molecule has 0 bridgehead atoms. The number of carbonyl (C=O) groups excluding carboxylic acids is 1. The Morgan fingerprint density at radius 1 is 1.23 bits per heavy atom. The molecule has 0 saturated carbocycles. The van der Waals surface area contributed by atoms with Crippen LogP contribution in [0, 0.1) is 5.82 Å². The van der Waals surface area contributed by atoms with Gasteiger partial charge in [0.25, 0.3) is 5.91 Å². The van der Waals surface area contributed by atoms with Gasteiger partial charge in [0.15, 0.2) is 0 Å². The quantitative estimate of drug-likeness (QED) is 0.556. The number of hydrogen-bond donors (Lipinski definition) is 0. The summed E-state index contributed by atoms with van der Waals surface area (Å²) in [6.07, 6.45) is 5.51. The van der Waals surface area contributed by atoms with Crippen molar-refractivity contribution in [1.82, 2.24) is 14.5 Å². The Kier molecular flexibility index (Phi) is 6.45. The van der Waals surface area contributed by atoms with E-state index in [9.17, 15) is 9.18 Å². The molecule has 2 aromatic carbocycles. The molecule has 2 heterocycles. The lowest BCUT2D eigenvalue weighted by Gasteiger charge is -2.26.